The summed E-state index contributed by atoms with van der Waals surface area (Å²) < 4.78 is 64.6. The third-order valence-electron chi connectivity index (χ3n) is 7.08. The van der Waals surface area contributed by atoms with Crippen molar-refractivity contribution in [1.29, 1.82) is 0 Å². The first-order chi connectivity index (χ1) is 22.9. The third-order valence-corrected chi connectivity index (χ3v) is 9.58. The van der Waals surface area contributed by atoms with Crippen LogP contribution in [-0.4, -0.2) is 28.4 Å². The van der Waals surface area contributed by atoms with Crippen molar-refractivity contribution in [2.75, 3.05) is 0 Å². The minimum Gasteiger partial charge on any atom is -0.378 e. The van der Waals surface area contributed by atoms with Crippen molar-refractivity contribution in [3.8, 4) is 11.5 Å². The lowest BCUT2D eigenvalue weighted by atomic mass is 10.0. The largest absolute Gasteiger partial charge is 0.378 e. The molecular formula is C38H30O8S2. The summed E-state index contributed by atoms with van der Waals surface area (Å²) in [6.45, 7) is 3.57. The van der Waals surface area contributed by atoms with Gasteiger partial charge in [-0.2, -0.15) is 16.8 Å². The molecule has 48 heavy (non-hydrogen) atoms. The molecule has 0 aliphatic carbocycles. The Kier molecular flexibility index (Phi) is 10.2. The lowest BCUT2D eigenvalue weighted by Gasteiger charge is -2.16. The molecule has 0 saturated heterocycles. The molecular weight excluding hydrogens is 649 g/mol. The Bertz CT molecular complexity index is 2060. The van der Waals surface area contributed by atoms with E-state index in [1.165, 1.54) is 48.6 Å². The number of carbonyl (C=O) groups is 2. The molecule has 0 bridgehead atoms. The van der Waals surface area contributed by atoms with E-state index in [4.69, 9.17) is 8.37 Å². The molecule has 0 amide bonds. The van der Waals surface area contributed by atoms with E-state index in [9.17, 15) is 26.4 Å². The molecule has 242 valence electrons. The van der Waals surface area contributed by atoms with Crippen LogP contribution in [0.4, 0.5) is 0 Å². The number of carbonyl (C=O) groups excluding carboxylic acids is 2. The summed E-state index contributed by atoms with van der Waals surface area (Å²) in [5.41, 5.74) is 2.36. The summed E-state index contributed by atoms with van der Waals surface area (Å²) in [6, 6.07) is 31.5. The van der Waals surface area contributed by atoms with Crippen LogP contribution >= 0.6 is 0 Å². The summed E-state index contributed by atoms with van der Waals surface area (Å²) in [7, 11) is -9.06. The fraction of sp³-hybridized carbons (Fsp3) is 0.0526. The van der Waals surface area contributed by atoms with Gasteiger partial charge in [0.05, 0.1) is 11.1 Å². The van der Waals surface area contributed by atoms with Gasteiger partial charge in [0.15, 0.2) is 23.1 Å². The number of allylic oxidation sites excluding steroid dienone is 2. The van der Waals surface area contributed by atoms with Crippen molar-refractivity contribution in [2.45, 2.75) is 23.6 Å². The molecule has 0 atom stereocenters. The van der Waals surface area contributed by atoms with Crippen LogP contribution in [0.3, 0.4) is 0 Å². The molecule has 0 aliphatic heterocycles. The Morgan fingerprint density at radius 3 is 1.21 bits per heavy atom. The highest BCUT2D eigenvalue weighted by atomic mass is 32.2. The first-order valence-electron chi connectivity index (χ1n) is 14.7. The first kappa shape index (κ1) is 33.8. The summed E-state index contributed by atoms with van der Waals surface area (Å²) in [6.07, 6.45) is 5.44. The van der Waals surface area contributed by atoms with Crippen molar-refractivity contribution in [1.82, 2.24) is 0 Å². The minimum absolute atomic E-state index is 0.202. The lowest BCUT2D eigenvalue weighted by molar-refractivity contribution is 0.104. The maximum atomic E-state index is 13.7. The molecule has 5 aromatic carbocycles. The van der Waals surface area contributed by atoms with Gasteiger partial charge in [-0.05, 0) is 67.5 Å². The predicted molar refractivity (Wildman–Crippen MR) is 184 cm³/mol. The molecule has 8 nitrogen and oxygen atoms in total. The van der Waals surface area contributed by atoms with Gasteiger partial charge in [0.2, 0.25) is 0 Å². The highest BCUT2D eigenvalue weighted by Crippen LogP contribution is 2.35. The predicted octanol–water partition coefficient (Wildman–Crippen LogP) is 7.63. The monoisotopic (exact) mass is 678 g/mol. The molecule has 0 radical (unpaired) electrons. The second kappa shape index (κ2) is 14.5. The number of benzene rings is 5. The first-order valence-corrected chi connectivity index (χ1v) is 17.5. The van der Waals surface area contributed by atoms with Gasteiger partial charge in [0, 0.05) is 6.07 Å². The minimum atomic E-state index is -4.53. The van der Waals surface area contributed by atoms with Gasteiger partial charge in [-0.15, -0.1) is 0 Å². The van der Waals surface area contributed by atoms with Crippen LogP contribution < -0.4 is 8.37 Å². The normalized spacial score (nSPS) is 11.9. The summed E-state index contributed by atoms with van der Waals surface area (Å²) in [5, 5.41) is 0. The Morgan fingerprint density at radius 1 is 0.500 bits per heavy atom. The van der Waals surface area contributed by atoms with Crippen LogP contribution in [0.5, 0.6) is 11.5 Å². The molecule has 10 heteroatoms. The van der Waals surface area contributed by atoms with Gasteiger partial charge < -0.3 is 8.37 Å². The van der Waals surface area contributed by atoms with E-state index in [0.717, 1.165) is 23.3 Å². The van der Waals surface area contributed by atoms with Crippen molar-refractivity contribution in [2.24, 2.45) is 0 Å². The lowest BCUT2D eigenvalue weighted by Crippen LogP contribution is -2.16. The fourth-order valence-corrected chi connectivity index (χ4v) is 6.36. The maximum absolute atomic E-state index is 13.7. The van der Waals surface area contributed by atoms with Gasteiger partial charge in [-0.25, -0.2) is 0 Å². The zero-order chi connectivity index (χ0) is 34.3. The number of hydrogen-bond donors (Lipinski definition) is 0. The van der Waals surface area contributed by atoms with Crippen LogP contribution in [0, 0.1) is 13.8 Å². The van der Waals surface area contributed by atoms with E-state index in [2.05, 4.69) is 0 Å². The fourth-order valence-electron chi connectivity index (χ4n) is 4.48. The smallest absolute Gasteiger partial charge is 0.339 e. The Balaban J connectivity index is 1.66. The molecule has 0 aromatic heterocycles. The van der Waals surface area contributed by atoms with Gasteiger partial charge in [0.25, 0.3) is 0 Å². The number of aryl methyl sites for hydroxylation is 2. The summed E-state index contributed by atoms with van der Waals surface area (Å²) in [5.74, 6) is -2.48. The van der Waals surface area contributed by atoms with Crippen LogP contribution in [0.1, 0.15) is 43.0 Å². The van der Waals surface area contributed by atoms with E-state index in [1.807, 2.05) is 12.1 Å². The molecule has 5 aromatic rings. The number of hydrogen-bond acceptors (Lipinski definition) is 8. The van der Waals surface area contributed by atoms with E-state index in [-0.39, 0.29) is 20.9 Å². The van der Waals surface area contributed by atoms with Crippen molar-refractivity contribution >= 4 is 44.0 Å². The van der Waals surface area contributed by atoms with Crippen LogP contribution in [0.15, 0.2) is 143 Å². The molecule has 0 spiro atoms. The van der Waals surface area contributed by atoms with Gasteiger partial charge in [-0.1, -0.05) is 108 Å². The molecule has 0 aliphatic rings. The number of rotatable bonds is 12. The zero-order valence-corrected chi connectivity index (χ0v) is 27.6. The molecule has 0 saturated carbocycles. The summed E-state index contributed by atoms with van der Waals surface area (Å²) in [4.78, 5) is 26.9. The molecule has 0 unspecified atom stereocenters. The highest BCUT2D eigenvalue weighted by Gasteiger charge is 2.27. The quantitative estimate of drug-likeness (QED) is 0.0751. The Labute approximate surface area is 279 Å². The average molecular weight is 679 g/mol. The maximum Gasteiger partial charge on any atom is 0.339 e. The standard InChI is InChI=1S/C38H30O8S2/c1-27-13-19-31(20-14-27)47(41,42)45-37-26-38(46-48(43,44)32-21-15-28(2)16-22-32)34(36(40)24-18-30-11-7-4-8-12-30)25-33(37)35(39)23-17-29-9-5-3-6-10-29/h3-26H,1-2H3. The van der Waals surface area contributed by atoms with E-state index < -0.39 is 43.3 Å². The third kappa shape index (κ3) is 8.41. The Morgan fingerprint density at radius 2 is 0.854 bits per heavy atom. The van der Waals surface area contributed by atoms with Crippen LogP contribution in [-0.2, 0) is 20.2 Å². The second-order valence-electron chi connectivity index (χ2n) is 10.8. The number of ketones is 2. The molecule has 0 heterocycles. The van der Waals surface area contributed by atoms with Gasteiger partial charge in [0.1, 0.15) is 9.79 Å². The molecule has 0 fully saturated rings. The van der Waals surface area contributed by atoms with E-state index in [1.54, 1.807) is 86.6 Å². The van der Waals surface area contributed by atoms with Crippen LogP contribution in [0.25, 0.3) is 12.2 Å². The van der Waals surface area contributed by atoms with Gasteiger partial charge >= 0.3 is 20.2 Å². The van der Waals surface area contributed by atoms with Crippen molar-refractivity contribution < 1.29 is 34.8 Å². The van der Waals surface area contributed by atoms with E-state index >= 15 is 0 Å². The SMILES string of the molecule is Cc1ccc(S(=O)(=O)Oc2cc(OS(=O)(=O)c3ccc(C)cc3)c(C(=O)C=Cc3ccccc3)cc2C(=O)C=Cc2ccccc2)cc1. The molecule has 0 N–H and O–H groups in total. The van der Waals surface area contributed by atoms with E-state index in [0.29, 0.717) is 11.1 Å². The summed E-state index contributed by atoms with van der Waals surface area (Å²) >= 11 is 0. The van der Waals surface area contributed by atoms with Crippen LogP contribution in [0.2, 0.25) is 0 Å². The van der Waals surface area contributed by atoms with Crippen molar-refractivity contribution in [3.63, 3.8) is 0 Å². The van der Waals surface area contributed by atoms with Crippen molar-refractivity contribution in [3.05, 3.63) is 167 Å². The Hall–Kier alpha value is -5.58. The zero-order valence-electron chi connectivity index (χ0n) is 25.9. The molecule has 5 rings (SSSR count). The van der Waals surface area contributed by atoms with Gasteiger partial charge in [-0.3, -0.25) is 9.59 Å². The highest BCUT2D eigenvalue weighted by molar-refractivity contribution is 7.87. The average Bonchev–Trinajstić information content (AvgIpc) is 3.07. The second-order valence-corrected chi connectivity index (χ2v) is 13.9. The topological polar surface area (TPSA) is 121 Å².